The van der Waals surface area contributed by atoms with Crippen LogP contribution in [-0.2, 0) is 6.42 Å². The summed E-state index contributed by atoms with van der Waals surface area (Å²) in [5, 5.41) is 22.1. The molecule has 6 aromatic rings. The van der Waals surface area contributed by atoms with Gasteiger partial charge in [0, 0.05) is 28.8 Å². The van der Waals surface area contributed by atoms with Crippen molar-refractivity contribution in [2.75, 3.05) is 0 Å². The molecule has 212 valence electrons. The highest BCUT2D eigenvalue weighted by atomic mass is 19.1. The fourth-order valence-electron chi connectivity index (χ4n) is 4.42. The van der Waals surface area contributed by atoms with E-state index in [9.17, 15) is 24.6 Å². The molecule has 0 aliphatic rings. The fourth-order valence-corrected chi connectivity index (χ4v) is 4.42. The Labute approximate surface area is 238 Å². The molecule has 0 amide bonds. The van der Waals surface area contributed by atoms with Gasteiger partial charge < -0.3 is 8.83 Å². The van der Waals surface area contributed by atoms with Gasteiger partial charge in [-0.25, -0.2) is 9.97 Å². The van der Waals surface area contributed by atoms with E-state index in [1.165, 1.54) is 6.07 Å². The van der Waals surface area contributed by atoms with Crippen molar-refractivity contribution in [3.63, 3.8) is 0 Å². The van der Waals surface area contributed by atoms with Gasteiger partial charge in [-0.3, -0.25) is 20.2 Å². The molecule has 2 heterocycles. The monoisotopic (exact) mass is 568 g/mol. The molecule has 11 heteroatoms. The number of hydrogen-bond donors (Lipinski definition) is 0. The number of benzene rings is 4. The van der Waals surface area contributed by atoms with Crippen molar-refractivity contribution < 1.29 is 23.1 Å². The summed E-state index contributed by atoms with van der Waals surface area (Å²) in [4.78, 5) is 29.6. The van der Waals surface area contributed by atoms with Crippen LogP contribution in [0.15, 0.2) is 93.8 Å². The third-order valence-corrected chi connectivity index (χ3v) is 6.56. The second-order valence-corrected chi connectivity index (χ2v) is 9.45. The molecule has 0 bridgehead atoms. The molecule has 0 atom stereocenters. The van der Waals surface area contributed by atoms with Gasteiger partial charge in [-0.05, 0) is 55.3 Å². The largest absolute Gasteiger partial charge is 0.436 e. The number of fused-ring (bicyclic) bond motifs is 2. The summed E-state index contributed by atoms with van der Waals surface area (Å²) in [5.74, 6) is -0.247. The van der Waals surface area contributed by atoms with Crippen LogP contribution in [0.25, 0.3) is 45.1 Å². The SMILES string of the molecule is CCCCCc1ccc(-c2nc3ccccc3o2)cc1[N+](=O)[O-].O=[N+]([O-])c1cc(-c2nc3ccccc3o2)ccc1F. The summed E-state index contributed by atoms with van der Waals surface area (Å²) >= 11 is 0. The summed E-state index contributed by atoms with van der Waals surface area (Å²) in [6.07, 6.45) is 3.84. The molecule has 0 N–H and O–H groups in total. The molecule has 0 aliphatic heterocycles. The standard InChI is InChI=1S/C18H18N2O3.C13H7FN2O3/c1-2-3-4-7-13-10-11-14(12-16(13)20(21)22)18-19-15-8-5-6-9-17(15)23-18;14-9-6-5-8(7-11(9)16(17)18)13-15-10-3-1-2-4-12(10)19-13/h5-6,8-12H,2-4,7H2,1H3;1-7H. The number of rotatable bonds is 8. The zero-order valence-electron chi connectivity index (χ0n) is 22.5. The lowest BCUT2D eigenvalue weighted by molar-refractivity contribution is -0.387. The van der Waals surface area contributed by atoms with E-state index in [2.05, 4.69) is 16.9 Å². The maximum absolute atomic E-state index is 13.2. The van der Waals surface area contributed by atoms with Crippen LogP contribution in [0.3, 0.4) is 0 Å². The Balaban J connectivity index is 0.000000171. The second kappa shape index (κ2) is 12.4. The lowest BCUT2D eigenvalue weighted by Crippen LogP contribution is -1.96. The molecule has 0 spiro atoms. The van der Waals surface area contributed by atoms with Gasteiger partial charge in [0.15, 0.2) is 11.2 Å². The van der Waals surface area contributed by atoms with E-state index in [1.54, 1.807) is 24.3 Å². The number of unbranched alkanes of at least 4 members (excludes halogenated alkanes) is 2. The second-order valence-electron chi connectivity index (χ2n) is 9.45. The molecule has 0 saturated heterocycles. The highest BCUT2D eigenvalue weighted by molar-refractivity contribution is 5.77. The number of nitro benzene ring substituents is 2. The minimum absolute atomic E-state index is 0.140. The molecule has 0 saturated carbocycles. The number of aromatic nitrogens is 2. The van der Waals surface area contributed by atoms with Crippen LogP contribution in [0.4, 0.5) is 15.8 Å². The van der Waals surface area contributed by atoms with Gasteiger partial charge >= 0.3 is 5.69 Å². The van der Waals surface area contributed by atoms with E-state index in [0.29, 0.717) is 33.7 Å². The van der Waals surface area contributed by atoms with Gasteiger partial charge in [0.1, 0.15) is 11.0 Å². The topological polar surface area (TPSA) is 138 Å². The quantitative estimate of drug-likeness (QED) is 0.101. The van der Waals surface area contributed by atoms with E-state index >= 15 is 0 Å². The maximum atomic E-state index is 13.2. The lowest BCUT2D eigenvalue weighted by Gasteiger charge is -2.04. The van der Waals surface area contributed by atoms with Crippen molar-refractivity contribution in [3.8, 4) is 22.9 Å². The van der Waals surface area contributed by atoms with Gasteiger partial charge in [0.05, 0.1) is 9.85 Å². The maximum Gasteiger partial charge on any atom is 0.305 e. The first-order chi connectivity index (χ1) is 20.3. The summed E-state index contributed by atoms with van der Waals surface area (Å²) in [7, 11) is 0. The Kier molecular flexibility index (Phi) is 8.28. The third-order valence-electron chi connectivity index (χ3n) is 6.56. The molecular formula is C31H25FN4O6. The average Bonchev–Trinajstić information content (AvgIpc) is 3.62. The van der Waals surface area contributed by atoms with Gasteiger partial charge in [0.2, 0.25) is 17.6 Å². The molecule has 0 unspecified atom stereocenters. The number of oxazole rings is 2. The molecular weight excluding hydrogens is 543 g/mol. The van der Waals surface area contributed by atoms with E-state index in [0.717, 1.165) is 48.9 Å². The van der Waals surface area contributed by atoms with Gasteiger partial charge in [-0.2, -0.15) is 4.39 Å². The number of halogens is 1. The van der Waals surface area contributed by atoms with Gasteiger partial charge in [-0.1, -0.05) is 50.1 Å². The van der Waals surface area contributed by atoms with Crippen molar-refractivity contribution >= 4 is 33.6 Å². The van der Waals surface area contributed by atoms with E-state index in [-0.39, 0.29) is 16.5 Å². The molecule has 0 aliphatic carbocycles. The van der Waals surface area contributed by atoms with E-state index < -0.39 is 16.4 Å². The Morgan fingerprint density at radius 1 is 0.714 bits per heavy atom. The minimum Gasteiger partial charge on any atom is -0.436 e. The first-order valence-corrected chi connectivity index (χ1v) is 13.3. The zero-order valence-corrected chi connectivity index (χ0v) is 22.5. The van der Waals surface area contributed by atoms with Gasteiger partial charge in [0.25, 0.3) is 5.69 Å². The number of nitrogens with zero attached hydrogens (tertiary/aromatic N) is 4. The fraction of sp³-hybridized carbons (Fsp3) is 0.161. The van der Waals surface area contributed by atoms with Crippen LogP contribution in [0.2, 0.25) is 0 Å². The smallest absolute Gasteiger partial charge is 0.305 e. The summed E-state index contributed by atoms with van der Waals surface area (Å²) in [6, 6.07) is 23.3. The van der Waals surface area contributed by atoms with Crippen LogP contribution in [0, 0.1) is 26.0 Å². The summed E-state index contributed by atoms with van der Waals surface area (Å²) in [6.45, 7) is 2.12. The predicted octanol–water partition coefficient (Wildman–Crippen LogP) is 8.68. The Morgan fingerprint density at radius 3 is 1.76 bits per heavy atom. The van der Waals surface area contributed by atoms with E-state index in [4.69, 9.17) is 8.83 Å². The van der Waals surface area contributed by atoms with Crippen molar-refractivity contribution in [2.45, 2.75) is 32.6 Å². The highest BCUT2D eigenvalue weighted by Crippen LogP contribution is 2.31. The molecule has 0 fully saturated rings. The molecule has 2 aromatic heterocycles. The average molecular weight is 569 g/mol. The zero-order chi connectivity index (χ0) is 29.6. The van der Waals surface area contributed by atoms with Crippen LogP contribution >= 0.6 is 0 Å². The summed E-state index contributed by atoms with van der Waals surface area (Å²) in [5.41, 5.74) is 3.95. The van der Waals surface area contributed by atoms with Crippen molar-refractivity contribution in [2.24, 2.45) is 0 Å². The third kappa shape index (κ3) is 6.15. The number of hydrogen-bond acceptors (Lipinski definition) is 8. The van der Waals surface area contributed by atoms with Crippen molar-refractivity contribution in [1.29, 1.82) is 0 Å². The van der Waals surface area contributed by atoms with Crippen LogP contribution in [0.1, 0.15) is 31.7 Å². The molecule has 6 rings (SSSR count). The van der Waals surface area contributed by atoms with Crippen molar-refractivity contribution in [3.05, 3.63) is 117 Å². The number of aryl methyl sites for hydroxylation is 1. The van der Waals surface area contributed by atoms with Crippen molar-refractivity contribution in [1.82, 2.24) is 9.97 Å². The van der Waals surface area contributed by atoms with Crippen LogP contribution in [-0.4, -0.2) is 19.8 Å². The lowest BCUT2D eigenvalue weighted by atomic mass is 10.0. The van der Waals surface area contributed by atoms with Gasteiger partial charge in [-0.15, -0.1) is 0 Å². The molecule has 0 radical (unpaired) electrons. The Bertz CT molecular complexity index is 1830. The first-order valence-electron chi connectivity index (χ1n) is 13.3. The summed E-state index contributed by atoms with van der Waals surface area (Å²) < 4.78 is 24.4. The van der Waals surface area contributed by atoms with E-state index in [1.807, 2.05) is 42.5 Å². The number of para-hydroxylation sites is 4. The highest BCUT2D eigenvalue weighted by Gasteiger charge is 2.19. The first kappa shape index (κ1) is 28.1. The molecule has 10 nitrogen and oxygen atoms in total. The molecule has 4 aromatic carbocycles. The predicted molar refractivity (Wildman–Crippen MR) is 155 cm³/mol. The Morgan fingerprint density at radius 2 is 1.24 bits per heavy atom. The molecule has 42 heavy (non-hydrogen) atoms. The number of nitro groups is 2. The Hall–Kier alpha value is -5.45. The minimum atomic E-state index is -0.884. The van der Waals surface area contributed by atoms with Crippen LogP contribution < -0.4 is 0 Å². The normalized spacial score (nSPS) is 10.9. The van der Waals surface area contributed by atoms with Crippen LogP contribution in [0.5, 0.6) is 0 Å².